The Morgan fingerprint density at radius 2 is 0.701 bits per heavy atom. The van der Waals surface area contributed by atoms with Crippen molar-refractivity contribution < 1.29 is 24.5 Å². The van der Waals surface area contributed by atoms with Gasteiger partial charge in [-0.15, -0.1) is 0 Å². The Bertz CT molecular complexity index is 1000. The van der Waals surface area contributed by atoms with Crippen molar-refractivity contribution in [3.63, 3.8) is 0 Å². The van der Waals surface area contributed by atoms with Gasteiger partial charge < -0.3 is 20.3 Å². The molecule has 2 atom stereocenters. The summed E-state index contributed by atoms with van der Waals surface area (Å²) < 4.78 is 5.48. The first kappa shape index (κ1) is 65.6. The zero-order valence-electron chi connectivity index (χ0n) is 45.4. The number of carbonyl (C=O) groups is 2. The summed E-state index contributed by atoms with van der Waals surface area (Å²) in [6.07, 6.45) is 68.0. The van der Waals surface area contributed by atoms with E-state index in [4.69, 9.17) is 4.74 Å². The fraction of sp³-hybridized carbons (Fsp3) is 0.934. The molecular weight excluding hydrogens is 827 g/mol. The Balaban J connectivity index is 3.35. The minimum atomic E-state index is -0.662. The molecule has 0 aromatic heterocycles. The third-order valence-electron chi connectivity index (χ3n) is 14.3. The van der Waals surface area contributed by atoms with Gasteiger partial charge in [-0.1, -0.05) is 289 Å². The average Bonchev–Trinajstić information content (AvgIpc) is 3.33. The largest absolute Gasteiger partial charge is 0.466 e. The topological polar surface area (TPSA) is 95.9 Å². The highest BCUT2D eigenvalue weighted by Crippen LogP contribution is 2.18. The summed E-state index contributed by atoms with van der Waals surface area (Å²) in [5.74, 6) is -0.0191. The summed E-state index contributed by atoms with van der Waals surface area (Å²) in [6.45, 7) is 4.96. The number of amides is 1. The highest BCUT2D eigenvalue weighted by molar-refractivity contribution is 5.76. The van der Waals surface area contributed by atoms with Crippen LogP contribution in [-0.2, 0) is 14.3 Å². The highest BCUT2D eigenvalue weighted by Gasteiger charge is 2.20. The van der Waals surface area contributed by atoms with Crippen LogP contribution in [0.25, 0.3) is 0 Å². The van der Waals surface area contributed by atoms with Gasteiger partial charge in [-0.3, -0.25) is 9.59 Å². The number of unbranched alkanes of at least 4 members (excludes halogenated alkanes) is 44. The fourth-order valence-corrected chi connectivity index (χ4v) is 9.64. The zero-order chi connectivity index (χ0) is 48.6. The van der Waals surface area contributed by atoms with Gasteiger partial charge in [0.1, 0.15) is 0 Å². The number of carbonyl (C=O) groups excluding carboxylic acids is 2. The molecule has 6 heteroatoms. The van der Waals surface area contributed by atoms with E-state index in [1.54, 1.807) is 0 Å². The van der Waals surface area contributed by atoms with E-state index in [1.807, 2.05) is 0 Å². The number of esters is 1. The first-order chi connectivity index (χ1) is 33.0. The molecule has 0 aliphatic rings. The molecule has 0 fully saturated rings. The summed E-state index contributed by atoms with van der Waals surface area (Å²) >= 11 is 0. The van der Waals surface area contributed by atoms with Crippen LogP contribution in [0, 0.1) is 0 Å². The maximum atomic E-state index is 12.4. The lowest BCUT2D eigenvalue weighted by molar-refractivity contribution is -0.143. The molecule has 0 heterocycles. The normalized spacial score (nSPS) is 12.6. The van der Waals surface area contributed by atoms with Crippen LogP contribution < -0.4 is 5.32 Å². The van der Waals surface area contributed by atoms with E-state index in [0.717, 1.165) is 38.5 Å². The molecule has 1 amide bonds. The second-order valence-corrected chi connectivity index (χ2v) is 21.0. The van der Waals surface area contributed by atoms with E-state index in [0.29, 0.717) is 25.9 Å². The Morgan fingerprint density at radius 1 is 0.403 bits per heavy atom. The molecule has 0 saturated carbocycles. The predicted molar refractivity (Wildman–Crippen MR) is 292 cm³/mol. The second-order valence-electron chi connectivity index (χ2n) is 21.0. The van der Waals surface area contributed by atoms with Crippen molar-refractivity contribution in [3.8, 4) is 0 Å². The van der Waals surface area contributed by atoms with Crippen LogP contribution in [0.15, 0.2) is 12.2 Å². The average molecular weight is 947 g/mol. The lowest BCUT2D eigenvalue weighted by Crippen LogP contribution is -2.45. The summed E-state index contributed by atoms with van der Waals surface area (Å²) in [6, 6.07) is -0.539. The monoisotopic (exact) mass is 946 g/mol. The molecule has 0 saturated heterocycles. The van der Waals surface area contributed by atoms with Crippen molar-refractivity contribution in [2.45, 2.75) is 353 Å². The molecule has 0 radical (unpaired) electrons. The standard InChI is InChI=1S/C61H119NO5/c1-3-5-7-9-11-13-15-31-35-39-43-47-51-55-61(66)67-56-52-48-44-40-36-33-30-28-26-24-22-20-18-16-17-19-21-23-25-27-29-32-34-38-42-46-50-54-60(65)62-58(57-63)59(64)53-49-45-41-37-14-12-10-8-6-4-2/h16-17,58-59,63-64H,3-15,18-57H2,1-2H3,(H,62,65)/b17-16-. The van der Waals surface area contributed by atoms with Crippen LogP contribution >= 0.6 is 0 Å². The lowest BCUT2D eigenvalue weighted by Gasteiger charge is -2.22. The summed E-state index contributed by atoms with van der Waals surface area (Å²) in [5.41, 5.74) is 0. The summed E-state index contributed by atoms with van der Waals surface area (Å²) in [7, 11) is 0. The van der Waals surface area contributed by atoms with Crippen LogP contribution in [0.2, 0.25) is 0 Å². The first-order valence-electron chi connectivity index (χ1n) is 30.4. The number of ether oxygens (including phenoxy) is 1. The molecule has 0 spiro atoms. The van der Waals surface area contributed by atoms with E-state index in [1.165, 1.54) is 270 Å². The minimum Gasteiger partial charge on any atom is -0.466 e. The second kappa shape index (κ2) is 57.2. The van der Waals surface area contributed by atoms with Crippen LogP contribution in [0.4, 0.5) is 0 Å². The number of hydrogen-bond donors (Lipinski definition) is 3. The number of allylic oxidation sites excluding steroid dienone is 2. The third kappa shape index (κ3) is 53.8. The zero-order valence-corrected chi connectivity index (χ0v) is 45.4. The number of nitrogens with one attached hydrogen (secondary N) is 1. The van der Waals surface area contributed by atoms with Crippen molar-refractivity contribution in [3.05, 3.63) is 12.2 Å². The molecular formula is C61H119NO5. The summed E-state index contributed by atoms with van der Waals surface area (Å²) in [5, 5.41) is 23.1. The van der Waals surface area contributed by atoms with Gasteiger partial charge >= 0.3 is 5.97 Å². The van der Waals surface area contributed by atoms with E-state index in [9.17, 15) is 19.8 Å². The van der Waals surface area contributed by atoms with Gasteiger partial charge in [0, 0.05) is 12.8 Å². The van der Waals surface area contributed by atoms with Crippen molar-refractivity contribution >= 4 is 11.9 Å². The number of hydrogen-bond acceptors (Lipinski definition) is 5. The Labute approximate surface area is 419 Å². The SMILES string of the molecule is CCCCCCCCCCCCCCCC(=O)OCCCCCCCCCCCCCC/C=C\CCCCCCCCCCCCCC(=O)NC(CO)C(O)CCCCCCCCCCCC. The van der Waals surface area contributed by atoms with E-state index in [-0.39, 0.29) is 18.5 Å². The molecule has 2 unspecified atom stereocenters. The van der Waals surface area contributed by atoms with Gasteiger partial charge in [0.05, 0.1) is 25.4 Å². The van der Waals surface area contributed by atoms with Crippen LogP contribution in [0.1, 0.15) is 341 Å². The van der Waals surface area contributed by atoms with Gasteiger partial charge in [-0.25, -0.2) is 0 Å². The van der Waals surface area contributed by atoms with E-state index < -0.39 is 12.1 Å². The number of aliphatic hydroxyl groups is 2. The van der Waals surface area contributed by atoms with Gasteiger partial charge in [0.25, 0.3) is 0 Å². The molecule has 0 aliphatic heterocycles. The van der Waals surface area contributed by atoms with Crippen molar-refractivity contribution in [2.24, 2.45) is 0 Å². The quantitative estimate of drug-likeness (QED) is 0.0321. The number of rotatable bonds is 57. The first-order valence-corrected chi connectivity index (χ1v) is 30.4. The number of aliphatic hydroxyl groups excluding tert-OH is 2. The molecule has 3 N–H and O–H groups in total. The smallest absolute Gasteiger partial charge is 0.305 e. The van der Waals surface area contributed by atoms with Crippen LogP contribution in [0.5, 0.6) is 0 Å². The third-order valence-corrected chi connectivity index (χ3v) is 14.3. The van der Waals surface area contributed by atoms with E-state index in [2.05, 4.69) is 31.3 Å². The molecule has 6 nitrogen and oxygen atoms in total. The molecule has 67 heavy (non-hydrogen) atoms. The lowest BCUT2D eigenvalue weighted by atomic mass is 10.0. The van der Waals surface area contributed by atoms with Crippen molar-refractivity contribution in [1.82, 2.24) is 5.32 Å². The van der Waals surface area contributed by atoms with Crippen LogP contribution in [-0.4, -0.2) is 47.4 Å². The van der Waals surface area contributed by atoms with E-state index >= 15 is 0 Å². The molecule has 398 valence electrons. The molecule has 0 aliphatic carbocycles. The van der Waals surface area contributed by atoms with Gasteiger partial charge in [0.2, 0.25) is 5.91 Å². The van der Waals surface area contributed by atoms with Gasteiger partial charge in [-0.05, 0) is 51.4 Å². The molecule has 0 bridgehead atoms. The minimum absolute atomic E-state index is 0.0170. The van der Waals surface area contributed by atoms with Crippen LogP contribution in [0.3, 0.4) is 0 Å². The predicted octanol–water partition coefficient (Wildman–Crippen LogP) is 18.9. The highest BCUT2D eigenvalue weighted by atomic mass is 16.5. The summed E-state index contributed by atoms with van der Waals surface area (Å²) in [4.78, 5) is 24.5. The Morgan fingerprint density at radius 3 is 1.06 bits per heavy atom. The maximum absolute atomic E-state index is 12.4. The molecule has 0 aromatic rings. The molecule has 0 rings (SSSR count). The molecule has 0 aromatic carbocycles. The van der Waals surface area contributed by atoms with Gasteiger partial charge in [-0.2, -0.15) is 0 Å². The van der Waals surface area contributed by atoms with Gasteiger partial charge in [0.15, 0.2) is 0 Å². The van der Waals surface area contributed by atoms with Crippen molar-refractivity contribution in [1.29, 1.82) is 0 Å². The Kier molecular flexibility index (Phi) is 56.0. The maximum Gasteiger partial charge on any atom is 0.305 e. The Hall–Kier alpha value is -1.40. The van der Waals surface area contributed by atoms with Crippen molar-refractivity contribution in [2.75, 3.05) is 13.2 Å². The fourth-order valence-electron chi connectivity index (χ4n) is 9.64.